The van der Waals surface area contributed by atoms with E-state index < -0.39 is 11.7 Å². The van der Waals surface area contributed by atoms with Gasteiger partial charge >= 0.3 is 0 Å². The van der Waals surface area contributed by atoms with E-state index >= 15 is 0 Å². The molecule has 2 aromatic rings. The Hall–Kier alpha value is -3.29. The van der Waals surface area contributed by atoms with Gasteiger partial charge in [-0.15, -0.1) is 0 Å². The number of halogens is 1. The predicted octanol–water partition coefficient (Wildman–Crippen LogP) is 3.29. The summed E-state index contributed by atoms with van der Waals surface area (Å²) in [5.41, 5.74) is 1.70. The second kappa shape index (κ2) is 11.0. The van der Waals surface area contributed by atoms with Crippen molar-refractivity contribution in [2.24, 2.45) is 5.92 Å². The van der Waals surface area contributed by atoms with Crippen LogP contribution in [-0.2, 0) is 22.6 Å². The summed E-state index contributed by atoms with van der Waals surface area (Å²) in [6.45, 7) is 3.55. The molecular weight excluding hydrogens is 427 g/mol. The average Bonchev–Trinajstić information content (AvgIpc) is 3.21. The molecule has 7 nitrogen and oxygen atoms in total. The van der Waals surface area contributed by atoms with Crippen LogP contribution < -0.4 is 14.2 Å². The Morgan fingerprint density at radius 1 is 1.03 bits per heavy atom. The van der Waals surface area contributed by atoms with Crippen LogP contribution in [0.1, 0.15) is 24.5 Å². The molecule has 33 heavy (non-hydrogen) atoms. The maximum atomic E-state index is 14.0. The zero-order valence-electron chi connectivity index (χ0n) is 19.6. The van der Waals surface area contributed by atoms with Gasteiger partial charge in [0.1, 0.15) is 0 Å². The Morgan fingerprint density at radius 3 is 2.33 bits per heavy atom. The molecule has 3 rings (SSSR count). The van der Waals surface area contributed by atoms with Gasteiger partial charge in [-0.1, -0.05) is 12.1 Å². The average molecular weight is 459 g/mol. The molecule has 178 valence electrons. The Balaban J connectivity index is 1.60. The van der Waals surface area contributed by atoms with E-state index in [1.165, 1.54) is 13.2 Å². The van der Waals surface area contributed by atoms with Crippen molar-refractivity contribution >= 4 is 11.8 Å². The third kappa shape index (κ3) is 5.74. The summed E-state index contributed by atoms with van der Waals surface area (Å²) in [7, 11) is 4.58. The first kappa shape index (κ1) is 24.4. The summed E-state index contributed by atoms with van der Waals surface area (Å²) in [6.07, 6.45) is 0.841. The number of amides is 2. The SMILES string of the molecule is CCN(Cc1ccc(OC)c(F)c1)C(=O)C1CC(=O)N(CCc2ccc(OC)c(OC)c2)C1. The van der Waals surface area contributed by atoms with Gasteiger partial charge in [0.15, 0.2) is 23.1 Å². The largest absolute Gasteiger partial charge is 0.494 e. The van der Waals surface area contributed by atoms with Gasteiger partial charge < -0.3 is 24.0 Å². The summed E-state index contributed by atoms with van der Waals surface area (Å²) in [5, 5.41) is 0. The topological polar surface area (TPSA) is 68.3 Å². The van der Waals surface area contributed by atoms with E-state index in [4.69, 9.17) is 14.2 Å². The molecular formula is C25H31FN2O5. The quantitative estimate of drug-likeness (QED) is 0.547. The van der Waals surface area contributed by atoms with E-state index in [1.807, 2.05) is 25.1 Å². The van der Waals surface area contributed by atoms with Crippen LogP contribution >= 0.6 is 0 Å². The van der Waals surface area contributed by atoms with E-state index in [9.17, 15) is 14.0 Å². The highest BCUT2D eigenvalue weighted by Gasteiger charge is 2.36. The number of hydrogen-bond donors (Lipinski definition) is 0. The maximum Gasteiger partial charge on any atom is 0.228 e. The zero-order valence-corrected chi connectivity index (χ0v) is 19.6. The van der Waals surface area contributed by atoms with E-state index in [0.29, 0.717) is 43.1 Å². The van der Waals surface area contributed by atoms with E-state index in [1.54, 1.807) is 36.2 Å². The first-order valence-corrected chi connectivity index (χ1v) is 11.0. The molecule has 1 atom stereocenters. The minimum Gasteiger partial charge on any atom is -0.494 e. The minimum atomic E-state index is -0.462. The third-order valence-electron chi connectivity index (χ3n) is 5.97. The molecule has 0 aliphatic carbocycles. The van der Waals surface area contributed by atoms with E-state index in [2.05, 4.69) is 0 Å². The number of methoxy groups -OCH3 is 3. The summed E-state index contributed by atoms with van der Waals surface area (Å²) in [4.78, 5) is 29.1. The summed E-state index contributed by atoms with van der Waals surface area (Å²) in [6, 6.07) is 10.4. The Labute approximate surface area is 194 Å². The normalized spacial score (nSPS) is 15.5. The number of likely N-dealkylation sites (tertiary alicyclic amines) is 1. The molecule has 2 aromatic carbocycles. The predicted molar refractivity (Wildman–Crippen MR) is 122 cm³/mol. The highest BCUT2D eigenvalue weighted by Crippen LogP contribution is 2.28. The van der Waals surface area contributed by atoms with Crippen LogP contribution in [0.3, 0.4) is 0 Å². The van der Waals surface area contributed by atoms with Crippen molar-refractivity contribution in [2.45, 2.75) is 26.3 Å². The van der Waals surface area contributed by atoms with Crippen molar-refractivity contribution in [1.29, 1.82) is 0 Å². The van der Waals surface area contributed by atoms with Crippen molar-refractivity contribution in [2.75, 3.05) is 41.0 Å². The summed E-state index contributed by atoms with van der Waals surface area (Å²) < 4.78 is 29.6. The van der Waals surface area contributed by atoms with Crippen LogP contribution in [0.4, 0.5) is 4.39 Å². The van der Waals surface area contributed by atoms with Crippen LogP contribution in [0.15, 0.2) is 36.4 Å². The maximum absolute atomic E-state index is 14.0. The number of hydrogen-bond acceptors (Lipinski definition) is 5. The molecule has 1 heterocycles. The van der Waals surface area contributed by atoms with Crippen LogP contribution in [0.5, 0.6) is 17.2 Å². The number of carbonyl (C=O) groups excluding carboxylic acids is 2. The molecule has 0 radical (unpaired) electrons. The number of rotatable bonds is 10. The van der Waals surface area contributed by atoms with Gasteiger partial charge in [-0.25, -0.2) is 4.39 Å². The second-order valence-corrected chi connectivity index (χ2v) is 8.00. The van der Waals surface area contributed by atoms with Crippen LogP contribution in [0, 0.1) is 11.7 Å². The van der Waals surface area contributed by atoms with Crippen LogP contribution in [-0.4, -0.2) is 62.6 Å². The number of ether oxygens (including phenoxy) is 3. The number of nitrogens with zero attached hydrogens (tertiary/aromatic N) is 2. The summed E-state index contributed by atoms with van der Waals surface area (Å²) >= 11 is 0. The van der Waals surface area contributed by atoms with E-state index in [0.717, 1.165) is 5.56 Å². The van der Waals surface area contributed by atoms with E-state index in [-0.39, 0.29) is 30.5 Å². The van der Waals surface area contributed by atoms with Crippen LogP contribution in [0.2, 0.25) is 0 Å². The zero-order chi connectivity index (χ0) is 24.0. The molecule has 0 bridgehead atoms. The van der Waals surface area contributed by atoms with Crippen molar-refractivity contribution in [1.82, 2.24) is 9.80 Å². The molecule has 1 saturated heterocycles. The first-order chi connectivity index (χ1) is 15.9. The van der Waals surface area contributed by atoms with Gasteiger partial charge in [-0.2, -0.15) is 0 Å². The molecule has 0 N–H and O–H groups in total. The van der Waals surface area contributed by atoms with Gasteiger partial charge in [0, 0.05) is 32.6 Å². The van der Waals surface area contributed by atoms with Crippen molar-refractivity contribution in [3.8, 4) is 17.2 Å². The minimum absolute atomic E-state index is 0.0274. The fourth-order valence-corrected chi connectivity index (χ4v) is 4.09. The molecule has 1 fully saturated rings. The standard InChI is InChI=1S/C25H31FN2O5/c1-5-27(15-18-7-8-21(31-2)20(26)12-18)25(30)19-14-24(29)28(16-19)11-10-17-6-9-22(32-3)23(13-17)33-4/h6-9,12-13,19H,5,10-11,14-16H2,1-4H3. The fourth-order valence-electron chi connectivity index (χ4n) is 4.09. The smallest absolute Gasteiger partial charge is 0.228 e. The molecule has 2 amide bonds. The second-order valence-electron chi connectivity index (χ2n) is 8.00. The lowest BCUT2D eigenvalue weighted by molar-refractivity contribution is -0.136. The number of benzene rings is 2. The lowest BCUT2D eigenvalue weighted by Gasteiger charge is -2.24. The van der Waals surface area contributed by atoms with Gasteiger partial charge in [0.2, 0.25) is 11.8 Å². The monoisotopic (exact) mass is 458 g/mol. The molecule has 0 saturated carbocycles. The van der Waals surface area contributed by atoms with Crippen molar-refractivity contribution in [3.05, 3.63) is 53.3 Å². The highest BCUT2D eigenvalue weighted by atomic mass is 19.1. The van der Waals surface area contributed by atoms with Crippen molar-refractivity contribution in [3.63, 3.8) is 0 Å². The Morgan fingerprint density at radius 2 is 1.70 bits per heavy atom. The highest BCUT2D eigenvalue weighted by molar-refractivity contribution is 5.89. The van der Waals surface area contributed by atoms with Crippen LogP contribution in [0.25, 0.3) is 0 Å². The lowest BCUT2D eigenvalue weighted by Crippen LogP contribution is -2.37. The third-order valence-corrected chi connectivity index (χ3v) is 5.97. The Kier molecular flexibility index (Phi) is 8.14. The lowest BCUT2D eigenvalue weighted by atomic mass is 10.1. The molecule has 8 heteroatoms. The molecule has 0 spiro atoms. The number of carbonyl (C=O) groups is 2. The van der Waals surface area contributed by atoms with Gasteiger partial charge in [-0.05, 0) is 48.7 Å². The molecule has 1 aliphatic rings. The van der Waals surface area contributed by atoms with Gasteiger partial charge in [0.25, 0.3) is 0 Å². The molecule has 1 unspecified atom stereocenters. The first-order valence-electron chi connectivity index (χ1n) is 11.0. The molecule has 1 aliphatic heterocycles. The van der Waals surface area contributed by atoms with Crippen molar-refractivity contribution < 1.29 is 28.2 Å². The fraction of sp³-hybridized carbons (Fsp3) is 0.440. The van der Waals surface area contributed by atoms with Gasteiger partial charge in [-0.3, -0.25) is 9.59 Å². The summed E-state index contributed by atoms with van der Waals surface area (Å²) in [5.74, 6) is 0.488. The molecule has 0 aromatic heterocycles. The Bertz CT molecular complexity index is 997. The van der Waals surface area contributed by atoms with Gasteiger partial charge in [0.05, 0.1) is 27.2 Å².